The molecule has 1 aromatic heterocycles. The van der Waals surface area contributed by atoms with Crippen molar-refractivity contribution in [3.8, 4) is 0 Å². The van der Waals surface area contributed by atoms with E-state index in [1.807, 2.05) is 43.3 Å². The maximum absolute atomic E-state index is 12.4. The number of nitrogens with one attached hydrogen (secondary N) is 1. The topological polar surface area (TPSA) is 80.0 Å². The number of carbonyl (C=O) groups is 1. The lowest BCUT2D eigenvalue weighted by atomic mass is 9.96. The monoisotopic (exact) mass is 324 g/mol. The number of fused-ring (bicyclic) bond motifs is 1. The van der Waals surface area contributed by atoms with Crippen LogP contribution in [0.3, 0.4) is 0 Å². The highest BCUT2D eigenvalue weighted by atomic mass is 16.3. The quantitative estimate of drug-likeness (QED) is 0.753. The van der Waals surface area contributed by atoms with Crippen molar-refractivity contribution < 1.29 is 9.90 Å². The second kappa shape index (κ2) is 6.41. The van der Waals surface area contributed by atoms with E-state index in [-0.39, 0.29) is 12.5 Å². The van der Waals surface area contributed by atoms with Crippen molar-refractivity contribution >= 4 is 16.9 Å². The zero-order valence-electron chi connectivity index (χ0n) is 13.7. The number of rotatable bonds is 5. The molecule has 2 aromatic carbocycles. The van der Waals surface area contributed by atoms with Crippen LogP contribution in [-0.2, 0) is 12.1 Å². The summed E-state index contributed by atoms with van der Waals surface area (Å²) < 4.78 is 1.78. The maximum Gasteiger partial charge on any atom is 0.251 e. The van der Waals surface area contributed by atoms with E-state index in [0.29, 0.717) is 11.1 Å². The molecule has 1 atom stereocenters. The highest BCUT2D eigenvalue weighted by Crippen LogP contribution is 2.19. The molecule has 24 heavy (non-hydrogen) atoms. The summed E-state index contributed by atoms with van der Waals surface area (Å²) in [6.07, 6.45) is 0. The van der Waals surface area contributed by atoms with Gasteiger partial charge in [0.25, 0.3) is 5.91 Å². The van der Waals surface area contributed by atoms with Crippen LogP contribution in [0.1, 0.15) is 29.8 Å². The first-order valence-electron chi connectivity index (χ1n) is 7.90. The molecular weight excluding hydrogens is 304 g/mol. The number of aromatic nitrogens is 3. The van der Waals surface area contributed by atoms with Gasteiger partial charge in [-0.15, -0.1) is 5.10 Å². The minimum absolute atomic E-state index is 0.121. The van der Waals surface area contributed by atoms with Crippen molar-refractivity contribution in [3.63, 3.8) is 0 Å². The molecule has 0 spiro atoms. The van der Waals surface area contributed by atoms with Crippen LogP contribution in [0.4, 0.5) is 0 Å². The van der Waals surface area contributed by atoms with Crippen LogP contribution in [0.2, 0.25) is 0 Å². The average Bonchev–Trinajstić information content (AvgIpc) is 3.02. The molecular formula is C18H20N4O2. The SMILES string of the molecule is CCn1nnc2cc(C(=O)NCC(C)(O)c3ccccc3)ccc21. The Bertz CT molecular complexity index is 856. The van der Waals surface area contributed by atoms with Crippen molar-refractivity contribution in [1.29, 1.82) is 0 Å². The summed E-state index contributed by atoms with van der Waals surface area (Å²) in [7, 11) is 0. The normalized spacial score (nSPS) is 13.6. The van der Waals surface area contributed by atoms with Crippen molar-refractivity contribution in [2.45, 2.75) is 26.0 Å². The fourth-order valence-electron chi connectivity index (χ4n) is 2.60. The van der Waals surface area contributed by atoms with E-state index in [1.165, 1.54) is 0 Å². The van der Waals surface area contributed by atoms with Gasteiger partial charge in [-0.3, -0.25) is 4.79 Å². The Kier molecular flexibility index (Phi) is 4.31. The van der Waals surface area contributed by atoms with Gasteiger partial charge in [0, 0.05) is 12.1 Å². The fourth-order valence-corrected chi connectivity index (χ4v) is 2.60. The molecule has 0 aliphatic carbocycles. The van der Waals surface area contributed by atoms with Crippen molar-refractivity contribution in [1.82, 2.24) is 20.3 Å². The Labute approximate surface area is 140 Å². The summed E-state index contributed by atoms with van der Waals surface area (Å²) >= 11 is 0. The van der Waals surface area contributed by atoms with Crippen LogP contribution >= 0.6 is 0 Å². The van der Waals surface area contributed by atoms with E-state index >= 15 is 0 Å². The lowest BCUT2D eigenvalue weighted by molar-refractivity contribution is 0.0526. The van der Waals surface area contributed by atoms with Gasteiger partial charge in [-0.05, 0) is 37.6 Å². The predicted molar refractivity (Wildman–Crippen MR) is 91.5 cm³/mol. The summed E-state index contributed by atoms with van der Waals surface area (Å²) in [5.74, 6) is -0.251. The lowest BCUT2D eigenvalue weighted by Crippen LogP contribution is -2.38. The first kappa shape index (κ1) is 16.1. The molecule has 0 bridgehead atoms. The summed E-state index contributed by atoms with van der Waals surface area (Å²) in [6, 6.07) is 14.6. The van der Waals surface area contributed by atoms with E-state index < -0.39 is 5.60 Å². The van der Waals surface area contributed by atoms with Crippen molar-refractivity contribution in [2.24, 2.45) is 0 Å². The van der Waals surface area contributed by atoms with Gasteiger partial charge in [-0.2, -0.15) is 0 Å². The first-order chi connectivity index (χ1) is 11.5. The number of nitrogens with zero attached hydrogens (tertiary/aromatic N) is 3. The minimum atomic E-state index is -1.13. The zero-order chi connectivity index (χ0) is 17.2. The lowest BCUT2D eigenvalue weighted by Gasteiger charge is -2.24. The third-order valence-electron chi connectivity index (χ3n) is 4.06. The van der Waals surface area contributed by atoms with Crippen molar-refractivity contribution in [3.05, 3.63) is 59.7 Å². The maximum atomic E-state index is 12.4. The van der Waals surface area contributed by atoms with Gasteiger partial charge in [0.05, 0.1) is 12.1 Å². The third kappa shape index (κ3) is 3.14. The van der Waals surface area contributed by atoms with Crippen LogP contribution in [0.5, 0.6) is 0 Å². The van der Waals surface area contributed by atoms with Gasteiger partial charge in [0.2, 0.25) is 0 Å². The van der Waals surface area contributed by atoms with Gasteiger partial charge in [0.15, 0.2) is 0 Å². The van der Waals surface area contributed by atoms with Gasteiger partial charge in [0.1, 0.15) is 11.1 Å². The predicted octanol–water partition coefficient (Wildman–Crippen LogP) is 2.09. The molecule has 3 aromatic rings. The second-order valence-corrected chi connectivity index (χ2v) is 5.93. The Morgan fingerprint density at radius 1 is 1.25 bits per heavy atom. The van der Waals surface area contributed by atoms with Crippen LogP contribution in [0.15, 0.2) is 48.5 Å². The number of carbonyl (C=O) groups excluding carboxylic acids is 1. The Morgan fingerprint density at radius 2 is 2.00 bits per heavy atom. The molecule has 2 N–H and O–H groups in total. The minimum Gasteiger partial charge on any atom is -0.384 e. The molecule has 6 nitrogen and oxygen atoms in total. The number of aliphatic hydroxyl groups is 1. The number of aryl methyl sites for hydroxylation is 1. The van der Waals surface area contributed by atoms with E-state index in [2.05, 4.69) is 15.6 Å². The zero-order valence-corrected chi connectivity index (χ0v) is 13.7. The largest absolute Gasteiger partial charge is 0.384 e. The number of benzene rings is 2. The standard InChI is InChI=1S/C18H20N4O2/c1-3-22-16-10-9-13(11-15(16)20-21-22)17(23)19-12-18(2,24)14-7-5-4-6-8-14/h4-11,24H,3,12H2,1-2H3,(H,19,23). The Morgan fingerprint density at radius 3 is 2.71 bits per heavy atom. The average molecular weight is 324 g/mol. The first-order valence-corrected chi connectivity index (χ1v) is 7.90. The van der Waals surface area contributed by atoms with Gasteiger partial charge in [-0.1, -0.05) is 35.5 Å². The molecule has 124 valence electrons. The van der Waals surface area contributed by atoms with Gasteiger partial charge in [-0.25, -0.2) is 4.68 Å². The highest BCUT2D eigenvalue weighted by molar-refractivity contribution is 5.97. The summed E-state index contributed by atoms with van der Waals surface area (Å²) in [5.41, 5.74) is 1.69. The fraction of sp³-hybridized carbons (Fsp3) is 0.278. The Balaban J connectivity index is 1.73. The van der Waals surface area contributed by atoms with Gasteiger partial charge < -0.3 is 10.4 Å². The van der Waals surface area contributed by atoms with E-state index in [0.717, 1.165) is 17.6 Å². The highest BCUT2D eigenvalue weighted by Gasteiger charge is 2.23. The van der Waals surface area contributed by atoms with E-state index in [1.54, 1.807) is 23.7 Å². The number of amides is 1. The Hall–Kier alpha value is -2.73. The molecule has 6 heteroatoms. The smallest absolute Gasteiger partial charge is 0.251 e. The van der Waals surface area contributed by atoms with Crippen molar-refractivity contribution in [2.75, 3.05) is 6.54 Å². The molecule has 3 rings (SSSR count). The molecule has 0 saturated heterocycles. The van der Waals surface area contributed by atoms with E-state index in [9.17, 15) is 9.90 Å². The summed E-state index contributed by atoms with van der Waals surface area (Å²) in [4.78, 5) is 12.4. The molecule has 1 unspecified atom stereocenters. The number of hydrogen-bond donors (Lipinski definition) is 2. The van der Waals surface area contributed by atoms with Crippen LogP contribution < -0.4 is 5.32 Å². The van der Waals surface area contributed by atoms with Gasteiger partial charge >= 0.3 is 0 Å². The van der Waals surface area contributed by atoms with E-state index in [4.69, 9.17) is 0 Å². The third-order valence-corrected chi connectivity index (χ3v) is 4.06. The molecule has 0 aliphatic rings. The van der Waals surface area contributed by atoms with Crippen LogP contribution in [-0.4, -0.2) is 32.6 Å². The number of hydrogen-bond acceptors (Lipinski definition) is 4. The van der Waals surface area contributed by atoms with Crippen LogP contribution in [0.25, 0.3) is 11.0 Å². The molecule has 0 aliphatic heterocycles. The molecule has 0 saturated carbocycles. The molecule has 1 heterocycles. The molecule has 1 amide bonds. The summed E-state index contributed by atoms with van der Waals surface area (Å²) in [5, 5.41) is 21.4. The molecule has 0 fully saturated rings. The second-order valence-electron chi connectivity index (χ2n) is 5.93. The van der Waals surface area contributed by atoms with Crippen LogP contribution in [0, 0.1) is 0 Å². The summed E-state index contributed by atoms with van der Waals surface area (Å²) in [6.45, 7) is 4.51. The molecule has 0 radical (unpaired) electrons.